The number of fused-ring (bicyclic) bond motifs is 2. The standard InChI is InChI=1S/C18H17N5O2/c1-11(24)22-5-4-15-13(10-22)7-20-9-16(15)18(25)23-17-3-2-14(19)6-12(17)8-21-23/h2-3,6-9H,4-5,10,19H2,1H3. The van der Waals surface area contributed by atoms with E-state index in [0.29, 0.717) is 36.3 Å². The first kappa shape index (κ1) is 15.3. The molecule has 1 aliphatic heterocycles. The molecule has 0 bridgehead atoms. The molecule has 2 N–H and O–H groups in total. The van der Waals surface area contributed by atoms with Crippen LogP contribution in [0.2, 0.25) is 0 Å². The van der Waals surface area contributed by atoms with Crippen molar-refractivity contribution in [2.24, 2.45) is 0 Å². The summed E-state index contributed by atoms with van der Waals surface area (Å²) in [6.07, 6.45) is 5.56. The quantitative estimate of drug-likeness (QED) is 0.682. The number of nitrogens with two attached hydrogens (primary N) is 1. The van der Waals surface area contributed by atoms with Gasteiger partial charge >= 0.3 is 0 Å². The summed E-state index contributed by atoms with van der Waals surface area (Å²) in [7, 11) is 0. The maximum absolute atomic E-state index is 13.0. The van der Waals surface area contributed by atoms with Crippen LogP contribution in [0.25, 0.3) is 10.9 Å². The molecule has 0 fully saturated rings. The molecule has 4 rings (SSSR count). The van der Waals surface area contributed by atoms with Crippen LogP contribution in [0.1, 0.15) is 28.4 Å². The van der Waals surface area contributed by atoms with Crippen LogP contribution in [0.3, 0.4) is 0 Å². The zero-order chi connectivity index (χ0) is 17.6. The van der Waals surface area contributed by atoms with E-state index in [9.17, 15) is 9.59 Å². The summed E-state index contributed by atoms with van der Waals surface area (Å²) in [4.78, 5) is 30.6. The number of aromatic nitrogens is 3. The normalized spacial score (nSPS) is 13.7. The Labute approximate surface area is 144 Å². The number of nitrogens with zero attached hydrogens (tertiary/aromatic N) is 4. The lowest BCUT2D eigenvalue weighted by Gasteiger charge is -2.28. The highest BCUT2D eigenvalue weighted by molar-refractivity contribution is 6.02. The molecule has 7 heteroatoms. The van der Waals surface area contributed by atoms with E-state index >= 15 is 0 Å². The van der Waals surface area contributed by atoms with Crippen molar-refractivity contribution in [3.05, 3.63) is 53.5 Å². The molecule has 0 saturated carbocycles. The first-order valence-electron chi connectivity index (χ1n) is 8.04. The number of benzene rings is 1. The number of hydrogen-bond acceptors (Lipinski definition) is 5. The fourth-order valence-corrected chi connectivity index (χ4v) is 3.27. The highest BCUT2D eigenvalue weighted by atomic mass is 16.2. The van der Waals surface area contributed by atoms with Crippen LogP contribution in [0, 0.1) is 0 Å². The molecule has 25 heavy (non-hydrogen) atoms. The summed E-state index contributed by atoms with van der Waals surface area (Å²) >= 11 is 0. The Hall–Kier alpha value is -3.22. The maximum Gasteiger partial charge on any atom is 0.280 e. The summed E-state index contributed by atoms with van der Waals surface area (Å²) in [6, 6.07) is 5.32. The highest BCUT2D eigenvalue weighted by Crippen LogP contribution is 2.24. The van der Waals surface area contributed by atoms with E-state index in [4.69, 9.17) is 5.73 Å². The van der Waals surface area contributed by atoms with Crippen LogP contribution < -0.4 is 5.73 Å². The van der Waals surface area contributed by atoms with Crippen LogP contribution in [0.5, 0.6) is 0 Å². The Kier molecular flexibility index (Phi) is 3.49. The average molecular weight is 335 g/mol. The second-order valence-electron chi connectivity index (χ2n) is 6.20. The first-order valence-corrected chi connectivity index (χ1v) is 8.04. The van der Waals surface area contributed by atoms with Crippen molar-refractivity contribution >= 4 is 28.4 Å². The van der Waals surface area contributed by atoms with Crippen molar-refractivity contribution in [1.82, 2.24) is 19.7 Å². The largest absolute Gasteiger partial charge is 0.399 e. The lowest BCUT2D eigenvalue weighted by Crippen LogP contribution is -2.35. The van der Waals surface area contributed by atoms with E-state index in [0.717, 1.165) is 16.5 Å². The third-order valence-corrected chi connectivity index (χ3v) is 4.60. The highest BCUT2D eigenvalue weighted by Gasteiger charge is 2.24. The van der Waals surface area contributed by atoms with Crippen LogP contribution in [-0.4, -0.2) is 38.0 Å². The average Bonchev–Trinajstić information content (AvgIpc) is 3.03. The number of pyridine rings is 1. The third kappa shape index (κ3) is 2.53. The second kappa shape index (κ2) is 5.70. The molecule has 7 nitrogen and oxygen atoms in total. The van der Waals surface area contributed by atoms with Crippen molar-refractivity contribution in [1.29, 1.82) is 0 Å². The number of anilines is 1. The molecule has 0 radical (unpaired) electrons. The lowest BCUT2D eigenvalue weighted by molar-refractivity contribution is -0.129. The van der Waals surface area contributed by atoms with Gasteiger partial charge in [0, 0.05) is 43.5 Å². The van der Waals surface area contributed by atoms with Gasteiger partial charge in [-0.15, -0.1) is 0 Å². The molecule has 1 aliphatic rings. The van der Waals surface area contributed by atoms with Crippen molar-refractivity contribution < 1.29 is 9.59 Å². The number of carbonyl (C=O) groups is 2. The van der Waals surface area contributed by atoms with Crippen molar-refractivity contribution in [2.45, 2.75) is 19.9 Å². The second-order valence-corrected chi connectivity index (χ2v) is 6.20. The van der Waals surface area contributed by atoms with Crippen molar-refractivity contribution in [3.63, 3.8) is 0 Å². The number of nitrogen functional groups attached to an aromatic ring is 1. The van der Waals surface area contributed by atoms with Gasteiger partial charge in [0.2, 0.25) is 5.91 Å². The fraction of sp³-hybridized carbons (Fsp3) is 0.222. The van der Waals surface area contributed by atoms with Crippen LogP contribution >= 0.6 is 0 Å². The molecule has 3 aromatic rings. The van der Waals surface area contributed by atoms with Gasteiger partial charge in [-0.3, -0.25) is 14.6 Å². The topological polar surface area (TPSA) is 94.1 Å². The molecule has 0 unspecified atom stereocenters. The minimum atomic E-state index is -0.222. The summed E-state index contributed by atoms with van der Waals surface area (Å²) in [6.45, 7) is 2.63. The number of carbonyl (C=O) groups excluding carboxylic acids is 2. The maximum atomic E-state index is 13.0. The Bertz CT molecular complexity index is 1010. The van der Waals surface area contributed by atoms with Gasteiger partial charge in [-0.25, -0.2) is 0 Å². The van der Waals surface area contributed by atoms with Gasteiger partial charge in [-0.05, 0) is 35.7 Å². The molecule has 2 aromatic heterocycles. The predicted octanol–water partition coefficient (Wildman–Crippen LogP) is 1.61. The Morgan fingerprint density at radius 1 is 1.20 bits per heavy atom. The smallest absolute Gasteiger partial charge is 0.280 e. The minimum absolute atomic E-state index is 0.0260. The third-order valence-electron chi connectivity index (χ3n) is 4.60. The molecule has 1 aromatic carbocycles. The van der Waals surface area contributed by atoms with E-state index < -0.39 is 0 Å². The minimum Gasteiger partial charge on any atom is -0.399 e. The fourth-order valence-electron chi connectivity index (χ4n) is 3.27. The molecule has 0 aliphatic carbocycles. The van der Waals surface area contributed by atoms with E-state index in [-0.39, 0.29) is 11.8 Å². The molecule has 0 saturated heterocycles. The Balaban J connectivity index is 1.76. The molecular formula is C18H17N5O2. The molecule has 126 valence electrons. The predicted molar refractivity (Wildman–Crippen MR) is 92.9 cm³/mol. The number of amides is 1. The summed E-state index contributed by atoms with van der Waals surface area (Å²) < 4.78 is 1.38. The van der Waals surface area contributed by atoms with Crippen molar-refractivity contribution in [2.75, 3.05) is 12.3 Å². The van der Waals surface area contributed by atoms with Gasteiger partial charge < -0.3 is 10.6 Å². The van der Waals surface area contributed by atoms with Gasteiger partial charge in [0.25, 0.3) is 5.91 Å². The zero-order valence-electron chi connectivity index (χ0n) is 13.8. The zero-order valence-corrected chi connectivity index (χ0v) is 13.8. The Morgan fingerprint density at radius 2 is 2.04 bits per heavy atom. The molecular weight excluding hydrogens is 318 g/mol. The first-order chi connectivity index (χ1) is 12.0. The molecule has 3 heterocycles. The Morgan fingerprint density at radius 3 is 2.84 bits per heavy atom. The summed E-state index contributed by atoms with van der Waals surface area (Å²) in [5.41, 5.74) is 9.50. The van der Waals surface area contributed by atoms with Gasteiger partial charge in [-0.1, -0.05) is 0 Å². The monoisotopic (exact) mass is 335 g/mol. The van der Waals surface area contributed by atoms with Gasteiger partial charge in [0.05, 0.1) is 17.3 Å². The van der Waals surface area contributed by atoms with E-state index in [2.05, 4.69) is 10.1 Å². The summed E-state index contributed by atoms with van der Waals surface area (Å²) in [5.74, 6) is -0.196. The van der Waals surface area contributed by atoms with Crippen LogP contribution in [0.4, 0.5) is 5.69 Å². The van der Waals surface area contributed by atoms with Gasteiger partial charge in [-0.2, -0.15) is 9.78 Å². The molecule has 1 amide bonds. The lowest BCUT2D eigenvalue weighted by atomic mass is 9.96. The number of rotatable bonds is 1. The SMILES string of the molecule is CC(=O)N1CCc2c(cncc2C(=O)n2ncc3cc(N)ccc32)C1. The summed E-state index contributed by atoms with van der Waals surface area (Å²) in [5, 5.41) is 5.04. The molecule has 0 atom stereocenters. The molecule has 0 spiro atoms. The van der Waals surface area contributed by atoms with Crippen LogP contribution in [0.15, 0.2) is 36.8 Å². The van der Waals surface area contributed by atoms with E-state index in [1.165, 1.54) is 4.68 Å². The van der Waals surface area contributed by atoms with Gasteiger partial charge in [0.1, 0.15) is 0 Å². The van der Waals surface area contributed by atoms with Gasteiger partial charge in [0.15, 0.2) is 0 Å². The van der Waals surface area contributed by atoms with Crippen molar-refractivity contribution in [3.8, 4) is 0 Å². The van der Waals surface area contributed by atoms with Crippen LogP contribution in [-0.2, 0) is 17.8 Å². The van der Waals surface area contributed by atoms with E-state index in [1.54, 1.807) is 48.6 Å². The van der Waals surface area contributed by atoms with E-state index in [1.807, 2.05) is 0 Å². The number of hydrogen-bond donors (Lipinski definition) is 1.